The molecule has 3 N–H and O–H groups in total. The number of hydrogen-bond acceptors (Lipinski definition) is 5. The Hall–Kier alpha value is -1.60. The summed E-state index contributed by atoms with van der Waals surface area (Å²) >= 11 is 0. The topological polar surface area (TPSA) is 87.6 Å². The van der Waals surface area contributed by atoms with Crippen LogP contribution in [0.1, 0.15) is 16.2 Å². The third-order valence-electron chi connectivity index (χ3n) is 3.55. The average molecular weight is 267 g/mol. The standard InChI is InChI=1S/C12H21N5O2/c1-9-10(13)11(15(2)14-9)12(19)17-5-3-16(4-6-17)7-8-18/h18H,3-8,13H2,1-2H3. The van der Waals surface area contributed by atoms with E-state index < -0.39 is 0 Å². The molecule has 1 saturated heterocycles. The molecule has 2 heterocycles. The highest BCUT2D eigenvalue weighted by molar-refractivity contribution is 5.98. The molecule has 7 heteroatoms. The summed E-state index contributed by atoms with van der Waals surface area (Å²) < 4.78 is 1.55. The van der Waals surface area contributed by atoms with Gasteiger partial charge < -0.3 is 15.7 Å². The zero-order valence-corrected chi connectivity index (χ0v) is 11.5. The Morgan fingerprint density at radius 3 is 2.47 bits per heavy atom. The second-order valence-electron chi connectivity index (χ2n) is 4.83. The van der Waals surface area contributed by atoms with Gasteiger partial charge in [-0.1, -0.05) is 0 Å². The largest absolute Gasteiger partial charge is 0.395 e. The number of aromatic nitrogens is 2. The summed E-state index contributed by atoms with van der Waals surface area (Å²) in [5.41, 5.74) is 7.53. The van der Waals surface area contributed by atoms with Gasteiger partial charge in [0, 0.05) is 39.8 Å². The lowest BCUT2D eigenvalue weighted by Crippen LogP contribution is -2.49. The van der Waals surface area contributed by atoms with Crippen molar-refractivity contribution in [3.8, 4) is 0 Å². The third kappa shape index (κ3) is 2.71. The molecule has 0 aromatic carbocycles. The number of piperazine rings is 1. The van der Waals surface area contributed by atoms with Gasteiger partial charge in [0.05, 0.1) is 18.0 Å². The fraction of sp³-hybridized carbons (Fsp3) is 0.667. The minimum absolute atomic E-state index is 0.0655. The molecule has 0 unspecified atom stereocenters. The number of carbonyl (C=O) groups excluding carboxylic acids is 1. The van der Waals surface area contributed by atoms with Gasteiger partial charge in [0.15, 0.2) is 0 Å². The second kappa shape index (κ2) is 5.58. The van der Waals surface area contributed by atoms with Crippen molar-refractivity contribution >= 4 is 11.6 Å². The first-order chi connectivity index (χ1) is 9.04. The number of carbonyl (C=O) groups is 1. The van der Waals surface area contributed by atoms with E-state index in [2.05, 4.69) is 10.00 Å². The zero-order chi connectivity index (χ0) is 14.0. The number of rotatable bonds is 3. The molecule has 106 valence electrons. The fourth-order valence-electron chi connectivity index (χ4n) is 2.39. The predicted octanol–water partition coefficient (Wildman–Crippen LogP) is -0.939. The monoisotopic (exact) mass is 267 g/mol. The molecule has 2 rings (SSSR count). The highest BCUT2D eigenvalue weighted by Gasteiger charge is 2.26. The average Bonchev–Trinajstić information content (AvgIpc) is 2.64. The first-order valence-electron chi connectivity index (χ1n) is 6.46. The number of hydrogen-bond donors (Lipinski definition) is 2. The van der Waals surface area contributed by atoms with Crippen LogP contribution in [-0.2, 0) is 7.05 Å². The highest BCUT2D eigenvalue weighted by Crippen LogP contribution is 2.18. The summed E-state index contributed by atoms with van der Waals surface area (Å²) in [7, 11) is 1.73. The maximum atomic E-state index is 12.4. The molecule has 1 fully saturated rings. The van der Waals surface area contributed by atoms with Crippen LogP contribution in [0.2, 0.25) is 0 Å². The quantitative estimate of drug-likeness (QED) is 0.738. The summed E-state index contributed by atoms with van der Waals surface area (Å²) in [5.74, 6) is -0.0655. The molecule has 0 saturated carbocycles. The van der Waals surface area contributed by atoms with Gasteiger partial charge in [0.25, 0.3) is 5.91 Å². The Kier molecular flexibility index (Phi) is 4.06. The Morgan fingerprint density at radius 1 is 1.37 bits per heavy atom. The van der Waals surface area contributed by atoms with Crippen molar-refractivity contribution in [3.05, 3.63) is 11.4 Å². The minimum atomic E-state index is -0.0655. The first kappa shape index (κ1) is 13.8. The van der Waals surface area contributed by atoms with Crippen LogP contribution < -0.4 is 5.73 Å². The summed E-state index contributed by atoms with van der Waals surface area (Å²) in [6, 6.07) is 0. The van der Waals surface area contributed by atoms with Crippen LogP contribution >= 0.6 is 0 Å². The minimum Gasteiger partial charge on any atom is -0.395 e. The number of nitrogens with two attached hydrogens (primary N) is 1. The van der Waals surface area contributed by atoms with E-state index in [-0.39, 0.29) is 12.5 Å². The number of aliphatic hydroxyl groups is 1. The van der Waals surface area contributed by atoms with Crippen LogP contribution in [0.3, 0.4) is 0 Å². The van der Waals surface area contributed by atoms with E-state index in [1.165, 1.54) is 0 Å². The van der Waals surface area contributed by atoms with Crippen molar-refractivity contribution in [2.24, 2.45) is 7.05 Å². The van der Waals surface area contributed by atoms with Gasteiger partial charge in [-0.05, 0) is 6.92 Å². The van der Waals surface area contributed by atoms with Crippen LogP contribution in [0.4, 0.5) is 5.69 Å². The van der Waals surface area contributed by atoms with Crippen LogP contribution in [-0.4, -0.2) is 69.9 Å². The van der Waals surface area contributed by atoms with Crippen LogP contribution in [0, 0.1) is 6.92 Å². The predicted molar refractivity (Wildman–Crippen MR) is 71.8 cm³/mol. The number of amides is 1. The van der Waals surface area contributed by atoms with Crippen molar-refractivity contribution in [2.45, 2.75) is 6.92 Å². The van der Waals surface area contributed by atoms with Crippen molar-refractivity contribution in [2.75, 3.05) is 45.1 Å². The second-order valence-corrected chi connectivity index (χ2v) is 4.83. The number of β-amino-alcohol motifs (C(OH)–C–C–N with tert-alkyl or cyclic N) is 1. The summed E-state index contributed by atoms with van der Waals surface area (Å²) in [4.78, 5) is 16.4. The number of nitrogens with zero attached hydrogens (tertiary/aromatic N) is 4. The number of nitrogen functional groups attached to an aromatic ring is 1. The van der Waals surface area contributed by atoms with Crippen LogP contribution in [0.15, 0.2) is 0 Å². The fourth-order valence-corrected chi connectivity index (χ4v) is 2.39. The molecule has 1 aliphatic rings. The van der Waals surface area contributed by atoms with Gasteiger partial charge >= 0.3 is 0 Å². The molecule has 7 nitrogen and oxygen atoms in total. The molecule has 1 amide bonds. The van der Waals surface area contributed by atoms with E-state index >= 15 is 0 Å². The van der Waals surface area contributed by atoms with Crippen molar-refractivity contribution in [1.29, 1.82) is 0 Å². The summed E-state index contributed by atoms with van der Waals surface area (Å²) in [6.07, 6.45) is 0. The van der Waals surface area contributed by atoms with Crippen molar-refractivity contribution < 1.29 is 9.90 Å². The molecule has 1 aromatic heterocycles. The molecule has 1 aliphatic heterocycles. The van der Waals surface area contributed by atoms with Gasteiger partial charge in [0.2, 0.25) is 0 Å². The number of aliphatic hydroxyl groups excluding tert-OH is 1. The molecule has 0 spiro atoms. The third-order valence-corrected chi connectivity index (χ3v) is 3.55. The number of anilines is 1. The SMILES string of the molecule is Cc1nn(C)c(C(=O)N2CCN(CCO)CC2)c1N. The zero-order valence-electron chi connectivity index (χ0n) is 11.5. The molecule has 1 aromatic rings. The molecule has 0 atom stereocenters. The summed E-state index contributed by atoms with van der Waals surface area (Å²) in [6.45, 7) is 5.49. The Labute approximate surface area is 112 Å². The van der Waals surface area contributed by atoms with Gasteiger partial charge in [-0.25, -0.2) is 0 Å². The van der Waals surface area contributed by atoms with E-state index in [4.69, 9.17) is 10.8 Å². The molecule has 0 aliphatic carbocycles. The van der Waals surface area contributed by atoms with Crippen molar-refractivity contribution in [3.63, 3.8) is 0 Å². The lowest BCUT2D eigenvalue weighted by molar-refractivity contribution is 0.0605. The van der Waals surface area contributed by atoms with Gasteiger partial charge in [-0.3, -0.25) is 14.4 Å². The molecule has 19 heavy (non-hydrogen) atoms. The van der Waals surface area contributed by atoms with E-state index in [0.717, 1.165) is 13.1 Å². The van der Waals surface area contributed by atoms with Crippen molar-refractivity contribution in [1.82, 2.24) is 19.6 Å². The van der Waals surface area contributed by atoms with E-state index in [9.17, 15) is 4.79 Å². The lowest BCUT2D eigenvalue weighted by Gasteiger charge is -2.34. The molecular weight excluding hydrogens is 246 g/mol. The normalized spacial score (nSPS) is 16.9. The maximum absolute atomic E-state index is 12.4. The molecule has 0 radical (unpaired) electrons. The van der Waals surface area contributed by atoms with Crippen LogP contribution in [0.5, 0.6) is 0 Å². The Bertz CT molecular complexity index is 463. The van der Waals surface area contributed by atoms with Gasteiger partial charge in [-0.15, -0.1) is 0 Å². The Balaban J connectivity index is 2.05. The van der Waals surface area contributed by atoms with Gasteiger partial charge in [-0.2, -0.15) is 5.10 Å². The smallest absolute Gasteiger partial charge is 0.274 e. The Morgan fingerprint density at radius 2 is 2.00 bits per heavy atom. The summed E-state index contributed by atoms with van der Waals surface area (Å²) in [5, 5.41) is 13.1. The maximum Gasteiger partial charge on any atom is 0.274 e. The van der Waals surface area contributed by atoms with E-state index in [0.29, 0.717) is 36.7 Å². The first-order valence-corrected chi connectivity index (χ1v) is 6.46. The molecule has 0 bridgehead atoms. The van der Waals surface area contributed by atoms with Gasteiger partial charge in [0.1, 0.15) is 5.69 Å². The highest BCUT2D eigenvalue weighted by atomic mass is 16.3. The lowest BCUT2D eigenvalue weighted by atomic mass is 10.2. The molecular formula is C12H21N5O2. The number of aryl methyl sites for hydroxylation is 2. The van der Waals surface area contributed by atoms with E-state index in [1.54, 1.807) is 23.6 Å². The van der Waals surface area contributed by atoms with Crippen LogP contribution in [0.25, 0.3) is 0 Å². The van der Waals surface area contributed by atoms with E-state index in [1.807, 2.05) is 0 Å².